The molecule has 3 fully saturated rings. The Bertz CT molecular complexity index is 1320. The van der Waals surface area contributed by atoms with Crippen LogP contribution in [0.3, 0.4) is 0 Å². The molecule has 9 nitrogen and oxygen atoms in total. The number of rotatable bonds is 9. The van der Waals surface area contributed by atoms with Crippen LogP contribution in [-0.2, 0) is 9.59 Å². The van der Waals surface area contributed by atoms with Crippen molar-refractivity contribution in [2.24, 2.45) is 0 Å². The highest BCUT2D eigenvalue weighted by atomic mass is 32.2. The maximum absolute atomic E-state index is 13.4. The molecule has 2 heterocycles. The van der Waals surface area contributed by atoms with Crippen LogP contribution in [0.5, 0.6) is 11.5 Å². The Labute approximate surface area is 247 Å². The smallest absolute Gasteiger partial charge is 0.294 e. The van der Waals surface area contributed by atoms with Crippen LogP contribution in [0.15, 0.2) is 58.3 Å². The lowest BCUT2D eigenvalue weighted by atomic mass is 9.94. The van der Waals surface area contributed by atoms with E-state index < -0.39 is 11.8 Å². The van der Waals surface area contributed by atoms with Gasteiger partial charge in [0.25, 0.3) is 22.3 Å². The third-order valence-corrected chi connectivity index (χ3v) is 9.15. The average Bonchev–Trinajstić information content (AvgIpc) is 3.41. The molecule has 5 rings (SSSR count). The Kier molecular flexibility index (Phi) is 9.16. The minimum atomic E-state index is -0.406. The first-order valence-electron chi connectivity index (χ1n) is 13.4. The number of thioether (sulfide) groups is 2. The van der Waals surface area contributed by atoms with Crippen molar-refractivity contribution < 1.29 is 28.7 Å². The van der Waals surface area contributed by atoms with Crippen LogP contribution in [0.4, 0.5) is 9.59 Å². The number of ether oxygens (including phenoxy) is 2. The van der Waals surface area contributed by atoms with Gasteiger partial charge in [0.15, 0.2) is 0 Å². The summed E-state index contributed by atoms with van der Waals surface area (Å²) in [6.45, 7) is -0.0161. The van der Waals surface area contributed by atoms with E-state index in [9.17, 15) is 19.2 Å². The fourth-order valence-electron chi connectivity index (χ4n) is 5.18. The molecule has 4 amide bonds. The third kappa shape index (κ3) is 6.37. The summed E-state index contributed by atoms with van der Waals surface area (Å²) < 4.78 is 10.8. The van der Waals surface area contributed by atoms with Gasteiger partial charge in [-0.3, -0.25) is 33.9 Å². The predicted molar refractivity (Wildman–Crippen MR) is 160 cm³/mol. The first kappa shape index (κ1) is 29.0. The van der Waals surface area contributed by atoms with Crippen molar-refractivity contribution in [1.82, 2.24) is 14.7 Å². The molecule has 214 valence electrons. The first-order valence-corrected chi connectivity index (χ1v) is 15.0. The predicted octanol–water partition coefficient (Wildman–Crippen LogP) is 6.03. The monoisotopic (exact) mass is 593 g/mol. The molecule has 0 atom stereocenters. The standard InChI is InChI=1S/C30H31N3O6S2/c1-38-23-14-8-6-10-20(23)16-25-27(34)32(29(36)40-25)18-31(22-12-4-3-5-13-22)19-33-28(35)26(41-30(33)37)17-21-11-7-9-15-24(21)39-2/h6-11,14-17,22H,3-5,12-13,18-19H2,1-2H3. The molecule has 3 aliphatic rings. The fraction of sp³-hybridized carbons (Fsp3) is 0.333. The summed E-state index contributed by atoms with van der Waals surface area (Å²) in [5.41, 5.74) is 1.40. The molecule has 0 unspecified atom stereocenters. The van der Waals surface area contributed by atoms with Crippen molar-refractivity contribution >= 4 is 58.0 Å². The fourth-order valence-corrected chi connectivity index (χ4v) is 6.83. The molecule has 2 aromatic carbocycles. The van der Waals surface area contributed by atoms with Gasteiger partial charge in [-0.15, -0.1) is 0 Å². The molecule has 2 saturated heterocycles. The van der Waals surface area contributed by atoms with Gasteiger partial charge in [-0.05, 0) is 60.7 Å². The maximum Gasteiger partial charge on any atom is 0.294 e. The van der Waals surface area contributed by atoms with Crippen LogP contribution >= 0.6 is 23.5 Å². The number of imide groups is 2. The highest BCUT2D eigenvalue weighted by Crippen LogP contribution is 2.37. The van der Waals surface area contributed by atoms with Crippen LogP contribution in [0.2, 0.25) is 0 Å². The molecule has 11 heteroatoms. The minimum Gasteiger partial charge on any atom is -0.496 e. The molecule has 0 radical (unpaired) electrons. The number of carbonyl (C=O) groups excluding carboxylic acids is 4. The maximum atomic E-state index is 13.4. The first-order chi connectivity index (χ1) is 19.9. The second-order valence-electron chi connectivity index (χ2n) is 9.87. The molecular formula is C30H31N3O6S2. The molecular weight excluding hydrogens is 562 g/mol. The van der Waals surface area contributed by atoms with Crippen molar-refractivity contribution in [1.29, 1.82) is 0 Å². The van der Waals surface area contributed by atoms with Crippen LogP contribution < -0.4 is 9.47 Å². The molecule has 0 bridgehead atoms. The second kappa shape index (κ2) is 13.0. The van der Waals surface area contributed by atoms with Gasteiger partial charge in [0.05, 0.1) is 37.4 Å². The normalized spacial score (nSPS) is 20.3. The Hall–Kier alpha value is -3.54. The summed E-state index contributed by atoms with van der Waals surface area (Å²) in [7, 11) is 3.10. The summed E-state index contributed by atoms with van der Waals surface area (Å²) in [4.78, 5) is 57.8. The van der Waals surface area contributed by atoms with E-state index in [0.29, 0.717) is 32.4 Å². The zero-order valence-electron chi connectivity index (χ0n) is 22.9. The van der Waals surface area contributed by atoms with Crippen LogP contribution in [-0.4, -0.2) is 70.6 Å². The zero-order valence-corrected chi connectivity index (χ0v) is 24.5. The summed E-state index contributed by atoms with van der Waals surface area (Å²) in [5.74, 6) is 0.390. The molecule has 41 heavy (non-hydrogen) atoms. The number of hydrogen-bond acceptors (Lipinski definition) is 9. The summed E-state index contributed by atoms with van der Waals surface area (Å²) >= 11 is 1.75. The molecule has 1 aliphatic carbocycles. The van der Waals surface area contributed by atoms with Gasteiger partial charge in [-0.1, -0.05) is 55.7 Å². The highest BCUT2D eigenvalue weighted by molar-refractivity contribution is 8.18. The van der Waals surface area contributed by atoms with E-state index in [0.717, 1.165) is 55.6 Å². The van der Waals surface area contributed by atoms with Gasteiger partial charge in [0.2, 0.25) is 0 Å². The average molecular weight is 594 g/mol. The molecule has 0 aromatic heterocycles. The van der Waals surface area contributed by atoms with E-state index in [1.165, 1.54) is 9.80 Å². The number of hydrogen-bond donors (Lipinski definition) is 0. The summed E-state index contributed by atoms with van der Waals surface area (Å²) in [5, 5.41) is -0.774. The van der Waals surface area contributed by atoms with Gasteiger partial charge >= 0.3 is 0 Å². The minimum absolute atomic E-state index is 0.00806. The Morgan fingerprint density at radius 2 is 1.17 bits per heavy atom. The Balaban J connectivity index is 1.36. The lowest BCUT2D eigenvalue weighted by Gasteiger charge is -2.37. The van der Waals surface area contributed by atoms with E-state index in [1.54, 1.807) is 38.5 Å². The molecule has 0 N–H and O–H groups in total. The molecule has 2 aromatic rings. The van der Waals surface area contributed by atoms with Crippen LogP contribution in [0, 0.1) is 0 Å². The number of benzene rings is 2. The summed E-state index contributed by atoms with van der Waals surface area (Å²) in [6, 6.07) is 14.6. The Morgan fingerprint density at radius 3 is 1.61 bits per heavy atom. The number of methoxy groups -OCH3 is 2. The van der Waals surface area contributed by atoms with Crippen molar-refractivity contribution in [2.45, 2.75) is 38.1 Å². The van der Waals surface area contributed by atoms with E-state index in [2.05, 4.69) is 0 Å². The number of carbonyl (C=O) groups is 4. The van der Waals surface area contributed by atoms with Gasteiger partial charge in [-0.2, -0.15) is 0 Å². The largest absolute Gasteiger partial charge is 0.496 e. The topological polar surface area (TPSA) is 96.5 Å². The SMILES string of the molecule is COc1ccccc1C=C1SC(=O)N(CN(CN2C(=O)SC(=Cc3ccccc3OC)C2=O)C2CCCCC2)C1=O. The van der Waals surface area contributed by atoms with Crippen molar-refractivity contribution in [2.75, 3.05) is 27.6 Å². The van der Waals surface area contributed by atoms with Gasteiger partial charge in [0.1, 0.15) is 11.5 Å². The van der Waals surface area contributed by atoms with Crippen LogP contribution in [0.1, 0.15) is 43.2 Å². The summed E-state index contributed by atoms with van der Waals surface area (Å²) in [6.07, 6.45) is 8.16. The van der Waals surface area contributed by atoms with Gasteiger partial charge in [0, 0.05) is 17.2 Å². The van der Waals surface area contributed by atoms with E-state index >= 15 is 0 Å². The Morgan fingerprint density at radius 1 is 0.732 bits per heavy atom. The quantitative estimate of drug-likeness (QED) is 0.323. The van der Waals surface area contributed by atoms with Crippen molar-refractivity contribution in [3.63, 3.8) is 0 Å². The van der Waals surface area contributed by atoms with E-state index in [1.807, 2.05) is 41.3 Å². The van der Waals surface area contributed by atoms with Crippen molar-refractivity contribution in [3.05, 3.63) is 69.5 Å². The number of amides is 4. The van der Waals surface area contributed by atoms with Gasteiger partial charge < -0.3 is 9.47 Å². The lowest BCUT2D eigenvalue weighted by molar-refractivity contribution is -0.127. The third-order valence-electron chi connectivity index (χ3n) is 7.34. The molecule has 0 spiro atoms. The lowest BCUT2D eigenvalue weighted by Crippen LogP contribution is -2.51. The molecule has 1 saturated carbocycles. The number of nitrogens with zero attached hydrogens (tertiary/aromatic N) is 3. The molecule has 2 aliphatic heterocycles. The zero-order chi connectivity index (χ0) is 28.9. The van der Waals surface area contributed by atoms with E-state index in [-0.39, 0.29) is 29.9 Å². The number of para-hydroxylation sites is 2. The van der Waals surface area contributed by atoms with Crippen LogP contribution in [0.25, 0.3) is 12.2 Å². The highest BCUT2D eigenvalue weighted by Gasteiger charge is 2.41. The van der Waals surface area contributed by atoms with Gasteiger partial charge in [-0.25, -0.2) is 0 Å². The van der Waals surface area contributed by atoms with E-state index in [4.69, 9.17) is 9.47 Å². The second-order valence-corrected chi connectivity index (χ2v) is 11.9. The van der Waals surface area contributed by atoms with Crippen molar-refractivity contribution in [3.8, 4) is 11.5 Å².